The number of halogens is 1. The Hall–Kier alpha value is -0.830. The highest BCUT2D eigenvalue weighted by molar-refractivity contribution is 9.09. The van der Waals surface area contributed by atoms with Crippen LogP contribution in [0.15, 0.2) is 30.3 Å². The smallest absolute Gasteiger partial charge is 0.230 e. The Balaban J connectivity index is 1.98. The number of carbonyl (C=O) groups is 1. The fourth-order valence-electron chi connectivity index (χ4n) is 2.12. The minimum atomic E-state index is -0.245. The van der Waals surface area contributed by atoms with Gasteiger partial charge in [-0.25, -0.2) is 0 Å². The molecule has 1 atom stereocenters. The van der Waals surface area contributed by atoms with E-state index in [2.05, 4.69) is 47.2 Å². The van der Waals surface area contributed by atoms with E-state index < -0.39 is 0 Å². The zero-order chi connectivity index (χ0) is 13.2. The molecule has 1 fully saturated rings. The third-order valence-electron chi connectivity index (χ3n) is 3.69. The number of benzene rings is 1. The van der Waals surface area contributed by atoms with Crippen molar-refractivity contribution in [3.63, 3.8) is 0 Å². The summed E-state index contributed by atoms with van der Waals surface area (Å²) in [7, 11) is 0. The quantitative estimate of drug-likeness (QED) is 0.831. The molecule has 1 amide bonds. The average Bonchev–Trinajstić information content (AvgIpc) is 3.18. The number of rotatable bonds is 5. The molecule has 1 unspecified atom stereocenters. The predicted molar refractivity (Wildman–Crippen MR) is 77.9 cm³/mol. The Bertz CT molecular complexity index is 412. The lowest BCUT2D eigenvalue weighted by Crippen LogP contribution is -2.38. The monoisotopic (exact) mass is 309 g/mol. The first kappa shape index (κ1) is 13.6. The largest absolute Gasteiger partial charge is 0.354 e. The summed E-state index contributed by atoms with van der Waals surface area (Å²) in [5.74, 6) is 0.705. The van der Waals surface area contributed by atoms with Crippen molar-refractivity contribution in [3.8, 4) is 0 Å². The first-order valence-electron chi connectivity index (χ1n) is 6.54. The molecule has 0 bridgehead atoms. The van der Waals surface area contributed by atoms with Gasteiger partial charge in [-0.05, 0) is 24.3 Å². The number of hydrogen-bond donors (Lipinski definition) is 1. The van der Waals surface area contributed by atoms with Crippen LogP contribution in [-0.4, -0.2) is 17.3 Å². The van der Waals surface area contributed by atoms with Crippen molar-refractivity contribution >= 4 is 21.8 Å². The highest BCUT2D eigenvalue weighted by atomic mass is 79.9. The molecule has 0 aliphatic heterocycles. The average molecular weight is 310 g/mol. The first-order chi connectivity index (χ1) is 8.56. The van der Waals surface area contributed by atoms with Gasteiger partial charge >= 0.3 is 0 Å². The third kappa shape index (κ3) is 2.77. The predicted octanol–water partition coefficient (Wildman–Crippen LogP) is 3.25. The van der Waals surface area contributed by atoms with Crippen LogP contribution in [0.4, 0.5) is 0 Å². The maximum atomic E-state index is 12.3. The number of hydrogen-bond acceptors (Lipinski definition) is 1. The second kappa shape index (κ2) is 5.43. The van der Waals surface area contributed by atoms with E-state index in [1.54, 1.807) is 0 Å². The van der Waals surface area contributed by atoms with E-state index in [1.165, 1.54) is 0 Å². The van der Waals surface area contributed by atoms with Crippen molar-refractivity contribution in [3.05, 3.63) is 35.9 Å². The summed E-state index contributed by atoms with van der Waals surface area (Å²) < 4.78 is 0. The van der Waals surface area contributed by atoms with Crippen molar-refractivity contribution < 1.29 is 4.79 Å². The molecule has 2 nitrogen and oxygen atoms in total. The van der Waals surface area contributed by atoms with Gasteiger partial charge in [-0.2, -0.15) is 0 Å². The second-order valence-electron chi connectivity index (χ2n) is 5.42. The summed E-state index contributed by atoms with van der Waals surface area (Å²) in [5, 5.41) is 3.08. The number of nitrogens with one attached hydrogen (secondary N) is 1. The number of carbonyl (C=O) groups excluding carboxylic acids is 1. The highest BCUT2D eigenvalue weighted by Crippen LogP contribution is 2.48. The van der Waals surface area contributed by atoms with Crippen molar-refractivity contribution in [2.45, 2.75) is 36.9 Å². The van der Waals surface area contributed by atoms with Gasteiger partial charge in [-0.3, -0.25) is 4.79 Å². The SMILES string of the molecule is CC(C)C(Br)CNC(=O)C1(c2ccccc2)CC1. The fourth-order valence-corrected chi connectivity index (χ4v) is 2.29. The molecule has 3 heteroatoms. The van der Waals surface area contributed by atoms with Crippen LogP contribution < -0.4 is 5.32 Å². The van der Waals surface area contributed by atoms with Crippen LogP contribution in [0.3, 0.4) is 0 Å². The van der Waals surface area contributed by atoms with E-state index in [-0.39, 0.29) is 11.3 Å². The summed E-state index contributed by atoms with van der Waals surface area (Å²) in [6, 6.07) is 10.1. The van der Waals surface area contributed by atoms with Gasteiger partial charge in [-0.15, -0.1) is 0 Å². The van der Waals surface area contributed by atoms with Crippen LogP contribution >= 0.6 is 15.9 Å². The van der Waals surface area contributed by atoms with Crippen LogP contribution in [0.2, 0.25) is 0 Å². The molecular weight excluding hydrogens is 290 g/mol. The standard InChI is InChI=1S/C15H20BrNO/c1-11(2)13(16)10-17-14(18)15(8-9-15)12-6-4-3-5-7-12/h3-7,11,13H,8-10H2,1-2H3,(H,17,18). The van der Waals surface area contributed by atoms with Gasteiger partial charge in [0.15, 0.2) is 0 Å². The van der Waals surface area contributed by atoms with E-state index in [0.29, 0.717) is 17.3 Å². The molecule has 98 valence electrons. The minimum Gasteiger partial charge on any atom is -0.354 e. The maximum Gasteiger partial charge on any atom is 0.230 e. The Morgan fingerprint density at radius 3 is 2.44 bits per heavy atom. The zero-order valence-electron chi connectivity index (χ0n) is 10.9. The summed E-state index contributed by atoms with van der Waals surface area (Å²) in [5.41, 5.74) is 0.906. The molecule has 18 heavy (non-hydrogen) atoms. The molecule has 0 spiro atoms. The van der Waals surface area contributed by atoms with Crippen molar-refractivity contribution in [1.82, 2.24) is 5.32 Å². The lowest BCUT2D eigenvalue weighted by molar-refractivity contribution is -0.123. The van der Waals surface area contributed by atoms with Crippen molar-refractivity contribution in [2.24, 2.45) is 5.92 Å². The molecule has 1 saturated carbocycles. The van der Waals surface area contributed by atoms with Crippen LogP contribution in [-0.2, 0) is 10.2 Å². The van der Waals surface area contributed by atoms with E-state index in [4.69, 9.17) is 0 Å². The van der Waals surface area contributed by atoms with E-state index in [9.17, 15) is 4.79 Å². The molecule has 1 aromatic carbocycles. The van der Waals surface area contributed by atoms with E-state index >= 15 is 0 Å². The zero-order valence-corrected chi connectivity index (χ0v) is 12.5. The summed E-state index contributed by atoms with van der Waals surface area (Å²) >= 11 is 3.60. The van der Waals surface area contributed by atoms with Gasteiger partial charge in [0.05, 0.1) is 5.41 Å². The van der Waals surface area contributed by atoms with Gasteiger partial charge in [0.2, 0.25) is 5.91 Å². The van der Waals surface area contributed by atoms with Gasteiger partial charge in [0.25, 0.3) is 0 Å². The van der Waals surface area contributed by atoms with Crippen LogP contribution in [0.25, 0.3) is 0 Å². The molecular formula is C15H20BrNO. The first-order valence-corrected chi connectivity index (χ1v) is 7.46. The summed E-state index contributed by atoms with van der Waals surface area (Å²) in [6.07, 6.45) is 1.94. The Morgan fingerprint density at radius 2 is 1.94 bits per heavy atom. The highest BCUT2D eigenvalue weighted by Gasteiger charge is 2.50. The minimum absolute atomic E-state index is 0.179. The van der Waals surface area contributed by atoms with Crippen molar-refractivity contribution in [2.75, 3.05) is 6.54 Å². The normalized spacial score (nSPS) is 18.4. The Kier molecular flexibility index (Phi) is 4.10. The number of amides is 1. The molecule has 0 aromatic heterocycles. The lowest BCUT2D eigenvalue weighted by Gasteiger charge is -2.19. The Labute approximate surface area is 117 Å². The van der Waals surface area contributed by atoms with Crippen LogP contribution in [0.5, 0.6) is 0 Å². The fraction of sp³-hybridized carbons (Fsp3) is 0.533. The van der Waals surface area contributed by atoms with E-state index in [1.807, 2.05) is 18.2 Å². The molecule has 2 rings (SSSR count). The van der Waals surface area contributed by atoms with Gasteiger partial charge in [-0.1, -0.05) is 60.1 Å². The molecule has 1 aliphatic carbocycles. The molecule has 0 heterocycles. The third-order valence-corrected chi connectivity index (χ3v) is 5.07. The molecule has 0 radical (unpaired) electrons. The van der Waals surface area contributed by atoms with Gasteiger partial charge in [0, 0.05) is 11.4 Å². The summed E-state index contributed by atoms with van der Waals surface area (Å²) in [4.78, 5) is 12.7. The molecule has 1 N–H and O–H groups in total. The molecule has 1 aromatic rings. The molecule has 1 aliphatic rings. The second-order valence-corrected chi connectivity index (χ2v) is 6.59. The van der Waals surface area contributed by atoms with E-state index in [0.717, 1.165) is 18.4 Å². The van der Waals surface area contributed by atoms with Crippen molar-refractivity contribution in [1.29, 1.82) is 0 Å². The van der Waals surface area contributed by atoms with Gasteiger partial charge < -0.3 is 5.32 Å². The maximum absolute atomic E-state index is 12.3. The summed E-state index contributed by atoms with van der Waals surface area (Å²) in [6.45, 7) is 5.00. The van der Waals surface area contributed by atoms with Crippen LogP contribution in [0, 0.1) is 5.92 Å². The molecule has 0 saturated heterocycles. The number of alkyl halides is 1. The van der Waals surface area contributed by atoms with Crippen LogP contribution in [0.1, 0.15) is 32.3 Å². The van der Waals surface area contributed by atoms with Gasteiger partial charge in [0.1, 0.15) is 0 Å². The Morgan fingerprint density at radius 1 is 1.33 bits per heavy atom. The topological polar surface area (TPSA) is 29.1 Å². The lowest BCUT2D eigenvalue weighted by atomic mass is 9.95.